The van der Waals surface area contributed by atoms with Gasteiger partial charge >= 0.3 is 0 Å². The van der Waals surface area contributed by atoms with Gasteiger partial charge < -0.3 is 0 Å². The standard InChI is InChI=1S/C10H16O/c1-4-5-6-7-9(2)10(3)8-11/h4-5,8-9H,3,6-7H2,1-2H3. The van der Waals surface area contributed by atoms with E-state index in [1.165, 1.54) is 0 Å². The van der Waals surface area contributed by atoms with Crippen molar-refractivity contribution in [2.75, 3.05) is 0 Å². The van der Waals surface area contributed by atoms with Crippen molar-refractivity contribution in [3.05, 3.63) is 24.3 Å². The minimum Gasteiger partial charge on any atom is -0.298 e. The van der Waals surface area contributed by atoms with E-state index in [1.54, 1.807) is 0 Å². The summed E-state index contributed by atoms with van der Waals surface area (Å²) in [6.45, 7) is 7.69. The maximum atomic E-state index is 10.3. The van der Waals surface area contributed by atoms with Gasteiger partial charge in [0.25, 0.3) is 0 Å². The fraction of sp³-hybridized carbons (Fsp3) is 0.500. The molecule has 0 radical (unpaired) electrons. The Morgan fingerprint density at radius 2 is 2.27 bits per heavy atom. The zero-order valence-corrected chi connectivity index (χ0v) is 7.34. The molecule has 0 bridgehead atoms. The van der Waals surface area contributed by atoms with E-state index in [9.17, 15) is 4.79 Å². The summed E-state index contributed by atoms with van der Waals surface area (Å²) in [4.78, 5) is 10.3. The molecule has 62 valence electrons. The minimum atomic E-state index is 0.323. The van der Waals surface area contributed by atoms with Gasteiger partial charge in [-0.25, -0.2) is 0 Å². The van der Waals surface area contributed by atoms with Crippen LogP contribution in [0.2, 0.25) is 0 Å². The van der Waals surface area contributed by atoms with E-state index in [0.717, 1.165) is 19.1 Å². The first-order valence-electron chi connectivity index (χ1n) is 3.97. The number of carbonyl (C=O) groups is 1. The van der Waals surface area contributed by atoms with Crippen LogP contribution in [0.15, 0.2) is 24.3 Å². The van der Waals surface area contributed by atoms with Gasteiger partial charge in [-0.05, 0) is 31.3 Å². The molecular weight excluding hydrogens is 136 g/mol. The second kappa shape index (κ2) is 5.90. The highest BCUT2D eigenvalue weighted by atomic mass is 16.1. The predicted octanol–water partition coefficient (Wildman–Crippen LogP) is 2.73. The van der Waals surface area contributed by atoms with Crippen molar-refractivity contribution in [2.45, 2.75) is 26.7 Å². The van der Waals surface area contributed by atoms with Crippen LogP contribution in [0.3, 0.4) is 0 Å². The lowest BCUT2D eigenvalue weighted by atomic mass is 9.98. The second-order valence-electron chi connectivity index (χ2n) is 2.74. The SMILES string of the molecule is C=C(C=O)C(C)CCC=CC. The Hall–Kier alpha value is -0.850. The molecule has 1 atom stereocenters. The molecule has 0 aromatic rings. The molecule has 0 rings (SSSR count). The van der Waals surface area contributed by atoms with Crippen LogP contribution in [0.4, 0.5) is 0 Å². The molecule has 1 heteroatoms. The third kappa shape index (κ3) is 4.54. The molecule has 1 unspecified atom stereocenters. The van der Waals surface area contributed by atoms with Gasteiger partial charge in [0, 0.05) is 0 Å². The summed E-state index contributed by atoms with van der Waals surface area (Å²) in [5.74, 6) is 0.323. The molecule has 0 saturated heterocycles. The molecule has 0 amide bonds. The van der Waals surface area contributed by atoms with Crippen LogP contribution in [0.25, 0.3) is 0 Å². The van der Waals surface area contributed by atoms with E-state index in [-0.39, 0.29) is 0 Å². The molecule has 0 aromatic heterocycles. The van der Waals surface area contributed by atoms with Crippen molar-refractivity contribution in [3.8, 4) is 0 Å². The van der Waals surface area contributed by atoms with Gasteiger partial charge in [-0.1, -0.05) is 25.7 Å². The molecule has 0 aromatic carbocycles. The largest absolute Gasteiger partial charge is 0.298 e. The van der Waals surface area contributed by atoms with Crippen LogP contribution in [0, 0.1) is 5.92 Å². The van der Waals surface area contributed by atoms with Crippen LogP contribution in [0.1, 0.15) is 26.7 Å². The second-order valence-corrected chi connectivity index (χ2v) is 2.74. The van der Waals surface area contributed by atoms with Gasteiger partial charge in [-0.15, -0.1) is 0 Å². The van der Waals surface area contributed by atoms with E-state index in [4.69, 9.17) is 0 Å². The average molecular weight is 152 g/mol. The molecule has 0 saturated carbocycles. The molecule has 0 fully saturated rings. The fourth-order valence-electron chi connectivity index (χ4n) is 0.814. The van der Waals surface area contributed by atoms with Crippen molar-refractivity contribution in [3.63, 3.8) is 0 Å². The van der Waals surface area contributed by atoms with Crippen LogP contribution in [0.5, 0.6) is 0 Å². The van der Waals surface area contributed by atoms with Crippen LogP contribution >= 0.6 is 0 Å². The van der Waals surface area contributed by atoms with E-state index < -0.39 is 0 Å². The van der Waals surface area contributed by atoms with Gasteiger partial charge in [0.1, 0.15) is 6.29 Å². The highest BCUT2D eigenvalue weighted by Gasteiger charge is 2.02. The summed E-state index contributed by atoms with van der Waals surface area (Å²) >= 11 is 0. The molecule has 0 aliphatic rings. The molecule has 0 aliphatic carbocycles. The summed E-state index contributed by atoms with van der Waals surface area (Å²) in [5.41, 5.74) is 0.703. The van der Waals surface area contributed by atoms with Gasteiger partial charge in [0.15, 0.2) is 0 Å². The topological polar surface area (TPSA) is 17.1 Å². The Morgan fingerprint density at radius 3 is 2.73 bits per heavy atom. The van der Waals surface area contributed by atoms with E-state index in [0.29, 0.717) is 11.5 Å². The molecular formula is C10H16O. The highest BCUT2D eigenvalue weighted by Crippen LogP contribution is 2.12. The summed E-state index contributed by atoms with van der Waals surface area (Å²) < 4.78 is 0. The first-order valence-corrected chi connectivity index (χ1v) is 3.97. The molecule has 11 heavy (non-hydrogen) atoms. The summed E-state index contributed by atoms with van der Waals surface area (Å²) in [6, 6.07) is 0. The van der Waals surface area contributed by atoms with Crippen molar-refractivity contribution < 1.29 is 4.79 Å². The zero-order valence-electron chi connectivity index (χ0n) is 7.34. The van der Waals surface area contributed by atoms with Crippen molar-refractivity contribution in [2.24, 2.45) is 5.92 Å². The van der Waals surface area contributed by atoms with E-state index in [2.05, 4.69) is 12.7 Å². The highest BCUT2D eigenvalue weighted by molar-refractivity contribution is 5.72. The lowest BCUT2D eigenvalue weighted by Crippen LogP contribution is -1.98. The smallest absolute Gasteiger partial charge is 0.145 e. The van der Waals surface area contributed by atoms with Crippen LogP contribution in [-0.2, 0) is 4.79 Å². The first-order chi connectivity index (χ1) is 5.22. The van der Waals surface area contributed by atoms with Gasteiger partial charge in [-0.2, -0.15) is 0 Å². The fourth-order valence-corrected chi connectivity index (χ4v) is 0.814. The van der Waals surface area contributed by atoms with Crippen LogP contribution in [-0.4, -0.2) is 6.29 Å². The number of carbonyl (C=O) groups excluding carboxylic acids is 1. The first kappa shape index (κ1) is 10.2. The maximum absolute atomic E-state index is 10.3. The lowest BCUT2D eigenvalue weighted by molar-refractivity contribution is -0.105. The summed E-state index contributed by atoms with van der Waals surface area (Å²) in [7, 11) is 0. The molecule has 1 nitrogen and oxygen atoms in total. The molecule has 0 heterocycles. The van der Waals surface area contributed by atoms with Gasteiger partial charge in [0.2, 0.25) is 0 Å². The third-order valence-electron chi connectivity index (χ3n) is 1.79. The number of hydrogen-bond acceptors (Lipinski definition) is 1. The van der Waals surface area contributed by atoms with E-state index in [1.807, 2.05) is 19.9 Å². The Labute approximate surface area is 68.8 Å². The number of hydrogen-bond donors (Lipinski definition) is 0. The quantitative estimate of drug-likeness (QED) is 0.336. The maximum Gasteiger partial charge on any atom is 0.145 e. The molecule has 0 N–H and O–H groups in total. The minimum absolute atomic E-state index is 0.323. The number of allylic oxidation sites excluding steroid dienone is 3. The zero-order chi connectivity index (χ0) is 8.69. The Balaban J connectivity index is 3.59. The Morgan fingerprint density at radius 1 is 1.64 bits per heavy atom. The molecule has 0 spiro atoms. The van der Waals surface area contributed by atoms with Crippen molar-refractivity contribution in [1.29, 1.82) is 0 Å². The third-order valence-corrected chi connectivity index (χ3v) is 1.79. The summed E-state index contributed by atoms with van der Waals surface area (Å²) in [6.07, 6.45) is 7.03. The monoisotopic (exact) mass is 152 g/mol. The Kier molecular flexibility index (Phi) is 5.44. The average Bonchev–Trinajstić information content (AvgIpc) is 2.03. The van der Waals surface area contributed by atoms with Gasteiger partial charge in [0.05, 0.1) is 0 Å². The normalized spacial score (nSPS) is 13.3. The molecule has 0 aliphatic heterocycles. The van der Waals surface area contributed by atoms with Crippen LogP contribution < -0.4 is 0 Å². The van der Waals surface area contributed by atoms with Crippen molar-refractivity contribution in [1.82, 2.24) is 0 Å². The van der Waals surface area contributed by atoms with Gasteiger partial charge in [-0.3, -0.25) is 4.79 Å². The van der Waals surface area contributed by atoms with Crippen molar-refractivity contribution >= 4 is 6.29 Å². The number of aldehydes is 1. The predicted molar refractivity (Wildman–Crippen MR) is 48.4 cm³/mol. The summed E-state index contributed by atoms with van der Waals surface area (Å²) in [5, 5.41) is 0. The Bertz CT molecular complexity index is 156. The number of rotatable bonds is 5. The lowest BCUT2D eigenvalue weighted by Gasteiger charge is -2.06. The van der Waals surface area contributed by atoms with E-state index >= 15 is 0 Å².